The van der Waals surface area contributed by atoms with Gasteiger partial charge in [-0.3, -0.25) is 0 Å². The van der Waals surface area contributed by atoms with Crippen LogP contribution >= 0.6 is 11.8 Å². The van der Waals surface area contributed by atoms with Crippen molar-refractivity contribution in [3.05, 3.63) is 46.4 Å². The maximum Gasteiger partial charge on any atom is 0.126 e. The normalized spacial score (nSPS) is 10.3. The molecule has 0 radical (unpaired) electrons. The van der Waals surface area contributed by atoms with E-state index in [-0.39, 0.29) is 0 Å². The molecule has 0 amide bonds. The smallest absolute Gasteiger partial charge is 0.126 e. The van der Waals surface area contributed by atoms with Gasteiger partial charge in [0.05, 0.1) is 12.3 Å². The third-order valence-corrected chi connectivity index (χ3v) is 4.14. The zero-order valence-corrected chi connectivity index (χ0v) is 14.1. The van der Waals surface area contributed by atoms with Crippen molar-refractivity contribution in [3.8, 4) is 11.8 Å². The van der Waals surface area contributed by atoms with E-state index in [4.69, 9.17) is 4.74 Å². The zero-order chi connectivity index (χ0) is 16.1. The molecule has 0 aliphatic carbocycles. The van der Waals surface area contributed by atoms with Crippen molar-refractivity contribution in [1.29, 1.82) is 5.26 Å². The number of hydrogen-bond donors (Lipinski definition) is 0. The molecule has 0 saturated heterocycles. The van der Waals surface area contributed by atoms with E-state index in [2.05, 4.69) is 28.2 Å². The van der Waals surface area contributed by atoms with E-state index in [1.807, 2.05) is 33.8 Å². The molecular formula is C17H19N3OS. The highest BCUT2D eigenvalue weighted by atomic mass is 32.2. The number of benzene rings is 1. The highest BCUT2D eigenvalue weighted by Gasteiger charge is 2.10. The molecule has 0 atom stereocenters. The molecule has 2 aromatic rings. The van der Waals surface area contributed by atoms with Crippen molar-refractivity contribution in [2.24, 2.45) is 0 Å². The Kier molecular flexibility index (Phi) is 5.40. The summed E-state index contributed by atoms with van der Waals surface area (Å²) in [5.74, 6) is 2.34. The number of aryl methyl sites for hydroxylation is 4. The van der Waals surface area contributed by atoms with Crippen LogP contribution in [0.15, 0.2) is 23.2 Å². The fourth-order valence-corrected chi connectivity index (χ4v) is 2.96. The lowest BCUT2D eigenvalue weighted by Gasteiger charge is -2.10. The second kappa shape index (κ2) is 7.28. The van der Waals surface area contributed by atoms with E-state index in [9.17, 15) is 5.26 Å². The molecule has 0 aliphatic rings. The number of rotatable bonds is 5. The first-order chi connectivity index (χ1) is 10.5. The first kappa shape index (κ1) is 16.3. The monoisotopic (exact) mass is 313 g/mol. The first-order valence-corrected chi connectivity index (χ1v) is 8.08. The van der Waals surface area contributed by atoms with Crippen molar-refractivity contribution in [2.75, 3.05) is 12.4 Å². The second-order valence-electron chi connectivity index (χ2n) is 5.11. The van der Waals surface area contributed by atoms with Gasteiger partial charge in [-0.1, -0.05) is 12.1 Å². The fourth-order valence-electron chi connectivity index (χ4n) is 2.07. The minimum Gasteiger partial charge on any atom is -0.492 e. The van der Waals surface area contributed by atoms with Crippen LogP contribution in [0.1, 0.15) is 28.2 Å². The van der Waals surface area contributed by atoms with Gasteiger partial charge in [-0.25, -0.2) is 9.97 Å². The van der Waals surface area contributed by atoms with E-state index < -0.39 is 0 Å². The van der Waals surface area contributed by atoms with Crippen LogP contribution in [0.5, 0.6) is 5.75 Å². The summed E-state index contributed by atoms with van der Waals surface area (Å²) in [6.45, 7) is 8.33. The Balaban J connectivity index is 1.97. The molecule has 22 heavy (non-hydrogen) atoms. The summed E-state index contributed by atoms with van der Waals surface area (Å²) in [6, 6.07) is 8.35. The minimum atomic E-state index is 0.558. The van der Waals surface area contributed by atoms with Crippen molar-refractivity contribution >= 4 is 11.8 Å². The molecule has 2 rings (SSSR count). The summed E-state index contributed by atoms with van der Waals surface area (Å²) < 4.78 is 5.83. The lowest BCUT2D eigenvalue weighted by atomic mass is 10.1. The number of nitrogens with zero attached hydrogens (tertiary/aromatic N) is 3. The Hall–Kier alpha value is -2.06. The highest BCUT2D eigenvalue weighted by Crippen LogP contribution is 2.23. The molecule has 114 valence electrons. The van der Waals surface area contributed by atoms with Crippen LogP contribution in [0, 0.1) is 39.0 Å². The maximum atomic E-state index is 9.22. The highest BCUT2D eigenvalue weighted by molar-refractivity contribution is 7.99. The summed E-state index contributed by atoms with van der Waals surface area (Å²) >= 11 is 1.53. The molecular weight excluding hydrogens is 294 g/mol. The van der Waals surface area contributed by atoms with Crippen LogP contribution in [-0.2, 0) is 0 Å². The minimum absolute atomic E-state index is 0.558. The predicted octanol–water partition coefficient (Wildman–Crippen LogP) is 3.75. The summed E-state index contributed by atoms with van der Waals surface area (Å²) in [5, 5.41) is 9.95. The van der Waals surface area contributed by atoms with Crippen LogP contribution < -0.4 is 4.74 Å². The molecule has 0 aliphatic heterocycles. The van der Waals surface area contributed by atoms with Gasteiger partial charge in [-0.05, 0) is 44.9 Å². The zero-order valence-electron chi connectivity index (χ0n) is 13.3. The molecule has 0 N–H and O–H groups in total. The molecule has 1 aromatic carbocycles. The third kappa shape index (κ3) is 3.99. The third-order valence-electron chi connectivity index (χ3n) is 3.20. The fraction of sp³-hybridized carbons (Fsp3) is 0.353. The molecule has 0 unspecified atom stereocenters. The largest absolute Gasteiger partial charge is 0.492 e. The van der Waals surface area contributed by atoms with E-state index in [1.165, 1.54) is 17.3 Å². The van der Waals surface area contributed by atoms with E-state index in [0.717, 1.165) is 27.8 Å². The van der Waals surface area contributed by atoms with Crippen LogP contribution in [0.2, 0.25) is 0 Å². The summed E-state index contributed by atoms with van der Waals surface area (Å²) in [5.41, 5.74) is 3.60. The quantitative estimate of drug-likeness (QED) is 0.478. The van der Waals surface area contributed by atoms with Crippen LogP contribution in [-0.4, -0.2) is 22.3 Å². The molecule has 4 nitrogen and oxygen atoms in total. The van der Waals surface area contributed by atoms with Gasteiger partial charge in [0, 0.05) is 5.75 Å². The van der Waals surface area contributed by atoms with Gasteiger partial charge in [0.1, 0.15) is 28.2 Å². The summed E-state index contributed by atoms with van der Waals surface area (Å²) in [4.78, 5) is 8.58. The second-order valence-corrected chi connectivity index (χ2v) is 6.20. The summed E-state index contributed by atoms with van der Waals surface area (Å²) in [7, 11) is 0. The maximum absolute atomic E-state index is 9.22. The average molecular weight is 313 g/mol. The topological polar surface area (TPSA) is 58.8 Å². The Morgan fingerprint density at radius 2 is 1.95 bits per heavy atom. The molecule has 5 heteroatoms. The average Bonchev–Trinajstić information content (AvgIpc) is 2.46. The Bertz CT molecular complexity index is 723. The van der Waals surface area contributed by atoms with Crippen LogP contribution in [0.3, 0.4) is 0 Å². The van der Waals surface area contributed by atoms with Crippen molar-refractivity contribution in [3.63, 3.8) is 0 Å². The Morgan fingerprint density at radius 3 is 2.68 bits per heavy atom. The standard InChI is InChI=1S/C17H19N3OS/c1-11-5-6-12(2)16(9-11)21-7-8-22-17-15(10-18)13(3)19-14(4)20-17/h5-6,9H,7-8H2,1-4H3. The number of hydrogen-bond acceptors (Lipinski definition) is 5. The molecule has 0 spiro atoms. The SMILES string of the molecule is Cc1ccc(C)c(OCCSc2nc(C)nc(C)c2C#N)c1. The number of aromatic nitrogens is 2. The van der Waals surface area contributed by atoms with Gasteiger partial charge >= 0.3 is 0 Å². The van der Waals surface area contributed by atoms with Gasteiger partial charge < -0.3 is 4.74 Å². The Labute approximate surface area is 135 Å². The lowest BCUT2D eigenvalue weighted by Crippen LogP contribution is -2.04. The van der Waals surface area contributed by atoms with Gasteiger partial charge in [-0.2, -0.15) is 5.26 Å². The van der Waals surface area contributed by atoms with Gasteiger partial charge in [0.2, 0.25) is 0 Å². The van der Waals surface area contributed by atoms with Gasteiger partial charge in [0.25, 0.3) is 0 Å². The summed E-state index contributed by atoms with van der Waals surface area (Å²) in [6.07, 6.45) is 0. The van der Waals surface area contributed by atoms with Crippen LogP contribution in [0.4, 0.5) is 0 Å². The van der Waals surface area contributed by atoms with Gasteiger partial charge in [0.15, 0.2) is 0 Å². The molecule has 0 fully saturated rings. The predicted molar refractivity (Wildman–Crippen MR) is 88.4 cm³/mol. The van der Waals surface area contributed by atoms with E-state index in [1.54, 1.807) is 0 Å². The number of thioether (sulfide) groups is 1. The molecule has 0 bridgehead atoms. The van der Waals surface area contributed by atoms with E-state index >= 15 is 0 Å². The first-order valence-electron chi connectivity index (χ1n) is 7.09. The van der Waals surface area contributed by atoms with Crippen LogP contribution in [0.25, 0.3) is 0 Å². The lowest BCUT2D eigenvalue weighted by molar-refractivity contribution is 0.341. The molecule has 1 aromatic heterocycles. The number of ether oxygens (including phenoxy) is 1. The van der Waals surface area contributed by atoms with Crippen molar-refractivity contribution in [2.45, 2.75) is 32.7 Å². The van der Waals surface area contributed by atoms with Gasteiger partial charge in [-0.15, -0.1) is 11.8 Å². The van der Waals surface area contributed by atoms with Crippen molar-refractivity contribution < 1.29 is 4.74 Å². The van der Waals surface area contributed by atoms with E-state index in [0.29, 0.717) is 18.0 Å². The molecule has 1 heterocycles. The number of nitriles is 1. The van der Waals surface area contributed by atoms with Crippen molar-refractivity contribution in [1.82, 2.24) is 9.97 Å². The Morgan fingerprint density at radius 1 is 1.18 bits per heavy atom. The molecule has 0 saturated carbocycles.